The molecular weight excluding hydrogens is 336 g/mol. The van der Waals surface area contributed by atoms with Gasteiger partial charge in [-0.2, -0.15) is 0 Å². The molecule has 0 aromatic heterocycles. The van der Waals surface area contributed by atoms with Crippen LogP contribution in [-0.4, -0.2) is 37.0 Å². The first-order chi connectivity index (χ1) is 13.0. The van der Waals surface area contributed by atoms with E-state index in [1.54, 1.807) is 0 Å². The van der Waals surface area contributed by atoms with Gasteiger partial charge in [-0.25, -0.2) is 0 Å². The molecule has 1 saturated heterocycles. The Bertz CT molecular complexity index is 722. The minimum Gasteiger partial charge on any atom is -0.373 e. The van der Waals surface area contributed by atoms with Crippen LogP contribution in [0.15, 0.2) is 24.3 Å². The van der Waals surface area contributed by atoms with Crippen LogP contribution in [-0.2, 0) is 10.3 Å². The van der Waals surface area contributed by atoms with Gasteiger partial charge in [0, 0.05) is 43.6 Å². The molecule has 3 aliphatic carbocycles. The van der Waals surface area contributed by atoms with Crippen molar-refractivity contribution >= 4 is 5.91 Å². The van der Waals surface area contributed by atoms with Crippen LogP contribution in [0.4, 0.5) is 0 Å². The van der Waals surface area contributed by atoms with Crippen molar-refractivity contribution in [1.82, 2.24) is 4.90 Å². The number of ether oxygens (including phenoxy) is 1. The Morgan fingerprint density at radius 3 is 2.44 bits per heavy atom. The van der Waals surface area contributed by atoms with Gasteiger partial charge in [0.05, 0.1) is 0 Å². The molecule has 1 aromatic carbocycles. The Morgan fingerprint density at radius 1 is 1.19 bits per heavy atom. The summed E-state index contributed by atoms with van der Waals surface area (Å²) in [5.74, 6) is 3.59. The monoisotopic (exact) mass is 368 g/mol. The van der Waals surface area contributed by atoms with Gasteiger partial charge in [0.25, 0.3) is 0 Å². The Balaban J connectivity index is 1.44. The van der Waals surface area contributed by atoms with Crippen LogP contribution in [0.5, 0.6) is 0 Å². The first kappa shape index (κ1) is 17.7. The molecule has 0 radical (unpaired) electrons. The van der Waals surface area contributed by atoms with Gasteiger partial charge in [-0.3, -0.25) is 9.69 Å². The highest BCUT2D eigenvalue weighted by Crippen LogP contribution is 2.59. The Kier molecular flexibility index (Phi) is 4.14. The number of piperidine rings is 1. The van der Waals surface area contributed by atoms with E-state index in [2.05, 4.69) is 17.9 Å². The van der Waals surface area contributed by atoms with Gasteiger partial charge >= 0.3 is 0 Å². The molecule has 1 aliphatic heterocycles. The van der Waals surface area contributed by atoms with Crippen LogP contribution in [0.2, 0.25) is 0 Å². The van der Waals surface area contributed by atoms with Crippen LogP contribution in [0.1, 0.15) is 54.9 Å². The maximum Gasteiger partial charge on any atom is 0.248 e. The summed E-state index contributed by atoms with van der Waals surface area (Å²) >= 11 is 0. The summed E-state index contributed by atoms with van der Waals surface area (Å²) in [6.45, 7) is 4.69. The first-order valence-electron chi connectivity index (χ1n) is 10.7. The number of likely N-dealkylation sites (tertiary alicyclic amines) is 1. The average Bonchev–Trinajstić information content (AvgIpc) is 3.06. The zero-order valence-corrected chi connectivity index (χ0v) is 16.6. The molecule has 1 heterocycles. The van der Waals surface area contributed by atoms with Gasteiger partial charge in [-0.1, -0.05) is 25.5 Å². The quantitative estimate of drug-likeness (QED) is 0.886. The molecule has 3 saturated carbocycles. The second-order valence-corrected chi connectivity index (χ2v) is 9.53. The van der Waals surface area contributed by atoms with E-state index in [9.17, 15) is 4.79 Å². The maximum absolute atomic E-state index is 11.7. The van der Waals surface area contributed by atoms with Gasteiger partial charge in [0.1, 0.15) is 5.60 Å². The maximum atomic E-state index is 11.7. The van der Waals surface area contributed by atoms with Crippen molar-refractivity contribution in [1.29, 1.82) is 0 Å². The van der Waals surface area contributed by atoms with Crippen LogP contribution in [0.25, 0.3) is 0 Å². The number of fused-ring (bicyclic) bond motifs is 3. The predicted octanol–water partition coefficient (Wildman–Crippen LogP) is 3.40. The minimum absolute atomic E-state index is 0.269. The van der Waals surface area contributed by atoms with Crippen molar-refractivity contribution in [3.63, 3.8) is 0 Å². The fourth-order valence-corrected chi connectivity index (χ4v) is 7.04. The SMILES string of the molecule is COC1(c2cccc(C(N)=O)c2)C2CCCC1CN(C1C[C@@H]3[C@H](C)[C@@H]3C1)C2. The second kappa shape index (κ2) is 6.31. The molecule has 0 spiro atoms. The number of hydrogen-bond acceptors (Lipinski definition) is 3. The third-order valence-electron chi connectivity index (χ3n) is 8.53. The fraction of sp³-hybridized carbons (Fsp3) is 0.696. The molecule has 4 fully saturated rings. The van der Waals surface area contributed by atoms with E-state index in [-0.39, 0.29) is 11.5 Å². The van der Waals surface area contributed by atoms with E-state index in [4.69, 9.17) is 10.5 Å². The standard InChI is InChI=1S/C23H32N2O2/c1-14-20-10-19(11-21(14)20)25-12-17-7-4-8-18(13-25)23(17,27-2)16-6-3-5-15(9-16)22(24)26/h3,5-6,9,14,17-21H,4,7-8,10-13H2,1-2H3,(H2,24,26)/t14-,17?,18?,19?,20+,21-,23?. The first-order valence-corrected chi connectivity index (χ1v) is 10.7. The number of benzene rings is 1. The highest BCUT2D eigenvalue weighted by atomic mass is 16.5. The largest absolute Gasteiger partial charge is 0.373 e. The van der Waals surface area contributed by atoms with Crippen LogP contribution in [0, 0.1) is 29.6 Å². The summed E-state index contributed by atoms with van der Waals surface area (Å²) in [4.78, 5) is 14.5. The highest BCUT2D eigenvalue weighted by molar-refractivity contribution is 5.92. The van der Waals surface area contributed by atoms with Crippen molar-refractivity contribution in [3.8, 4) is 0 Å². The van der Waals surface area contributed by atoms with E-state index in [0.717, 1.165) is 42.4 Å². The Morgan fingerprint density at radius 2 is 1.85 bits per heavy atom. The zero-order chi connectivity index (χ0) is 18.8. The normalized spacial score (nSPS) is 43.3. The number of nitrogens with zero attached hydrogens (tertiary/aromatic N) is 1. The lowest BCUT2D eigenvalue weighted by atomic mass is 9.62. The van der Waals surface area contributed by atoms with Gasteiger partial charge in [0.15, 0.2) is 0 Å². The van der Waals surface area contributed by atoms with Gasteiger partial charge in [0.2, 0.25) is 5.91 Å². The summed E-state index contributed by atoms with van der Waals surface area (Å²) in [7, 11) is 1.87. The summed E-state index contributed by atoms with van der Waals surface area (Å²) in [6.07, 6.45) is 6.51. The number of carbonyl (C=O) groups is 1. The molecule has 4 aliphatic rings. The highest BCUT2D eigenvalue weighted by Gasteiger charge is 2.58. The molecule has 4 heteroatoms. The lowest BCUT2D eigenvalue weighted by molar-refractivity contribution is -0.174. The van der Waals surface area contributed by atoms with Crippen molar-refractivity contribution in [3.05, 3.63) is 35.4 Å². The number of amides is 1. The summed E-state index contributed by atoms with van der Waals surface area (Å²) < 4.78 is 6.35. The van der Waals surface area contributed by atoms with Gasteiger partial charge < -0.3 is 10.5 Å². The van der Waals surface area contributed by atoms with E-state index < -0.39 is 0 Å². The summed E-state index contributed by atoms with van der Waals surface area (Å²) in [5.41, 5.74) is 7.03. The Labute approximate surface area is 162 Å². The van der Waals surface area contributed by atoms with E-state index in [1.807, 2.05) is 25.3 Å². The molecular formula is C23H32N2O2. The van der Waals surface area contributed by atoms with E-state index in [0.29, 0.717) is 17.4 Å². The second-order valence-electron chi connectivity index (χ2n) is 9.53. The molecule has 146 valence electrons. The summed E-state index contributed by atoms with van der Waals surface area (Å²) in [6, 6.07) is 8.69. The number of hydrogen-bond donors (Lipinski definition) is 1. The third kappa shape index (κ3) is 2.60. The van der Waals surface area contributed by atoms with E-state index >= 15 is 0 Å². The molecule has 1 aromatic rings. The van der Waals surface area contributed by atoms with E-state index in [1.165, 1.54) is 32.1 Å². The molecule has 1 amide bonds. The smallest absolute Gasteiger partial charge is 0.248 e. The van der Waals surface area contributed by atoms with Crippen molar-refractivity contribution < 1.29 is 9.53 Å². The molecule has 5 rings (SSSR count). The average molecular weight is 369 g/mol. The predicted molar refractivity (Wildman–Crippen MR) is 105 cm³/mol. The van der Waals surface area contributed by atoms with Gasteiger partial charge in [-0.05, 0) is 61.1 Å². The third-order valence-corrected chi connectivity index (χ3v) is 8.53. The van der Waals surface area contributed by atoms with Crippen molar-refractivity contribution in [2.75, 3.05) is 20.2 Å². The number of rotatable bonds is 4. The fourth-order valence-electron chi connectivity index (χ4n) is 7.04. The molecule has 2 bridgehead atoms. The van der Waals surface area contributed by atoms with Gasteiger partial charge in [-0.15, -0.1) is 0 Å². The molecule has 27 heavy (non-hydrogen) atoms. The topological polar surface area (TPSA) is 55.6 Å². The molecule has 4 nitrogen and oxygen atoms in total. The zero-order valence-electron chi connectivity index (χ0n) is 16.6. The van der Waals surface area contributed by atoms with Crippen molar-refractivity contribution in [2.24, 2.45) is 35.3 Å². The lowest BCUT2D eigenvalue weighted by Crippen LogP contribution is -2.60. The molecule has 2 N–H and O–H groups in total. The summed E-state index contributed by atoms with van der Waals surface area (Å²) in [5, 5.41) is 0. The number of methoxy groups -OCH3 is 1. The Hall–Kier alpha value is -1.39. The van der Waals surface area contributed by atoms with Crippen LogP contribution < -0.4 is 5.73 Å². The number of primary amides is 1. The minimum atomic E-state index is -0.356. The number of nitrogens with two attached hydrogens (primary N) is 1. The lowest BCUT2D eigenvalue weighted by Gasteiger charge is -2.56. The van der Waals surface area contributed by atoms with Crippen molar-refractivity contribution in [2.45, 2.75) is 50.7 Å². The molecule has 3 unspecified atom stereocenters. The van der Waals surface area contributed by atoms with Crippen LogP contribution in [0.3, 0.4) is 0 Å². The molecule has 6 atom stereocenters. The van der Waals surface area contributed by atoms with Crippen LogP contribution >= 0.6 is 0 Å². The number of carbonyl (C=O) groups excluding carboxylic acids is 1.